The van der Waals surface area contributed by atoms with E-state index in [0.29, 0.717) is 17.1 Å². The fourth-order valence-electron chi connectivity index (χ4n) is 2.29. The lowest BCUT2D eigenvalue weighted by atomic mass is 10.2. The molecule has 0 atom stereocenters. The molecule has 0 unspecified atom stereocenters. The van der Waals surface area contributed by atoms with Crippen LogP contribution in [0.25, 0.3) is 5.65 Å². The maximum atomic E-state index is 11.8. The number of pyridine rings is 1. The van der Waals surface area contributed by atoms with Gasteiger partial charge in [-0.1, -0.05) is 18.2 Å². The summed E-state index contributed by atoms with van der Waals surface area (Å²) in [5.41, 5.74) is 7.41. The summed E-state index contributed by atoms with van der Waals surface area (Å²) in [6.45, 7) is 0.183. The van der Waals surface area contributed by atoms with Gasteiger partial charge in [0.15, 0.2) is 11.4 Å². The average Bonchev–Trinajstić information content (AvgIpc) is 2.92. The van der Waals surface area contributed by atoms with Crippen molar-refractivity contribution in [1.82, 2.24) is 14.6 Å². The van der Waals surface area contributed by atoms with E-state index in [4.69, 9.17) is 10.5 Å². The van der Waals surface area contributed by atoms with Gasteiger partial charge < -0.3 is 10.5 Å². The van der Waals surface area contributed by atoms with E-state index >= 15 is 0 Å². The number of hydrogen-bond acceptors (Lipinski definition) is 6. The fourth-order valence-corrected chi connectivity index (χ4v) is 2.82. The minimum absolute atomic E-state index is 0.156. The number of rotatable bonds is 5. The highest BCUT2D eigenvalue weighted by Gasteiger charge is 2.16. The number of nitrogen functional groups attached to an aromatic ring is 1. The molecule has 8 nitrogen and oxygen atoms in total. The van der Waals surface area contributed by atoms with Crippen molar-refractivity contribution in [2.45, 2.75) is 6.61 Å². The quantitative estimate of drug-likeness (QED) is 0.746. The number of ether oxygens (including phenoxy) is 1. The number of hydrogen-bond donors (Lipinski definition) is 1. The third kappa shape index (κ3) is 3.11. The van der Waals surface area contributed by atoms with Crippen LogP contribution in [0.15, 0.2) is 42.6 Å². The van der Waals surface area contributed by atoms with Gasteiger partial charge >= 0.3 is 0 Å². The molecule has 126 valence electrons. The Labute approximate surface area is 139 Å². The first kappa shape index (κ1) is 16.1. The molecule has 0 saturated carbocycles. The van der Waals surface area contributed by atoms with Crippen LogP contribution in [0.3, 0.4) is 0 Å². The average molecular weight is 347 g/mol. The number of nitrogens with zero attached hydrogens (tertiary/aromatic N) is 4. The molecule has 3 rings (SSSR count). The summed E-state index contributed by atoms with van der Waals surface area (Å²) < 4.78 is 32.1. The van der Waals surface area contributed by atoms with Gasteiger partial charge in [-0.2, -0.15) is 4.98 Å². The fraction of sp³-hybridized carbons (Fsp3) is 0.200. The Hall–Kier alpha value is -2.81. The Balaban J connectivity index is 1.90. The molecule has 0 aliphatic heterocycles. The second kappa shape index (κ2) is 6.00. The van der Waals surface area contributed by atoms with Crippen LogP contribution in [0.2, 0.25) is 0 Å². The van der Waals surface area contributed by atoms with Crippen LogP contribution in [0.1, 0.15) is 5.56 Å². The van der Waals surface area contributed by atoms with E-state index in [1.807, 2.05) is 12.1 Å². The van der Waals surface area contributed by atoms with Crippen LogP contribution < -0.4 is 14.8 Å². The molecule has 2 aromatic heterocycles. The van der Waals surface area contributed by atoms with E-state index in [-0.39, 0.29) is 12.6 Å². The SMILES string of the molecule is CN(c1ccccc1COc1cccn2nc(N)nc12)S(C)(=O)=O. The Morgan fingerprint density at radius 1 is 1.25 bits per heavy atom. The van der Waals surface area contributed by atoms with Crippen molar-refractivity contribution in [1.29, 1.82) is 0 Å². The molecular weight excluding hydrogens is 330 g/mol. The van der Waals surface area contributed by atoms with Gasteiger partial charge in [-0.25, -0.2) is 12.9 Å². The van der Waals surface area contributed by atoms with E-state index in [2.05, 4.69) is 10.1 Å². The number of sulfonamides is 1. The predicted molar refractivity (Wildman–Crippen MR) is 91.4 cm³/mol. The summed E-state index contributed by atoms with van der Waals surface area (Å²) in [5, 5.41) is 4.02. The predicted octanol–water partition coefficient (Wildman–Crippen LogP) is 1.29. The first-order valence-electron chi connectivity index (χ1n) is 7.12. The van der Waals surface area contributed by atoms with Crippen LogP contribution in [0.4, 0.5) is 11.6 Å². The molecule has 0 bridgehead atoms. The normalized spacial score (nSPS) is 11.6. The molecule has 1 aromatic carbocycles. The molecule has 2 N–H and O–H groups in total. The Morgan fingerprint density at radius 3 is 2.75 bits per heavy atom. The summed E-state index contributed by atoms with van der Waals surface area (Å²) in [7, 11) is -1.85. The first-order chi connectivity index (χ1) is 11.4. The molecule has 0 radical (unpaired) electrons. The zero-order valence-electron chi connectivity index (χ0n) is 13.2. The number of nitrogens with two attached hydrogens (primary N) is 1. The number of para-hydroxylation sites is 1. The molecule has 24 heavy (non-hydrogen) atoms. The van der Waals surface area contributed by atoms with E-state index in [9.17, 15) is 8.42 Å². The Kier molecular flexibility index (Phi) is 4.02. The minimum atomic E-state index is -3.36. The largest absolute Gasteiger partial charge is 0.485 e. The van der Waals surface area contributed by atoms with E-state index in [1.165, 1.54) is 15.9 Å². The van der Waals surface area contributed by atoms with Gasteiger partial charge in [0, 0.05) is 18.8 Å². The third-order valence-corrected chi connectivity index (χ3v) is 4.75. The van der Waals surface area contributed by atoms with E-state index in [0.717, 1.165) is 11.8 Å². The molecule has 3 aromatic rings. The van der Waals surface area contributed by atoms with Crippen molar-refractivity contribution >= 4 is 27.3 Å². The molecule has 0 aliphatic rings. The molecule has 2 heterocycles. The van der Waals surface area contributed by atoms with Crippen LogP contribution in [0.5, 0.6) is 5.75 Å². The molecule has 0 amide bonds. The molecular formula is C15H17N5O3S. The van der Waals surface area contributed by atoms with Crippen LogP contribution in [-0.4, -0.2) is 36.3 Å². The van der Waals surface area contributed by atoms with E-state index < -0.39 is 10.0 Å². The minimum Gasteiger partial charge on any atom is -0.485 e. The van der Waals surface area contributed by atoms with Gasteiger partial charge in [0.25, 0.3) is 0 Å². The molecule has 0 spiro atoms. The maximum absolute atomic E-state index is 11.8. The summed E-state index contributed by atoms with van der Waals surface area (Å²) in [6.07, 6.45) is 2.88. The summed E-state index contributed by atoms with van der Waals surface area (Å²) in [6, 6.07) is 10.7. The zero-order chi connectivity index (χ0) is 17.3. The second-order valence-corrected chi connectivity index (χ2v) is 7.27. The standard InChI is InChI=1S/C15H17N5O3S/c1-19(24(2,21)22)12-7-4-3-6-11(12)10-23-13-8-5-9-20-14(13)17-15(16)18-20/h3-9H,10H2,1-2H3,(H2,16,18). The highest BCUT2D eigenvalue weighted by molar-refractivity contribution is 7.92. The summed E-state index contributed by atoms with van der Waals surface area (Å²) in [4.78, 5) is 4.12. The van der Waals surface area contributed by atoms with Gasteiger partial charge in [0.05, 0.1) is 11.9 Å². The lowest BCUT2D eigenvalue weighted by Crippen LogP contribution is -2.26. The van der Waals surface area contributed by atoms with Crippen molar-refractivity contribution < 1.29 is 13.2 Å². The van der Waals surface area contributed by atoms with Crippen LogP contribution in [0, 0.1) is 0 Å². The smallest absolute Gasteiger partial charge is 0.240 e. The molecule has 9 heteroatoms. The molecule has 0 fully saturated rings. The van der Waals surface area contributed by atoms with Gasteiger partial charge in [-0.15, -0.1) is 5.10 Å². The van der Waals surface area contributed by atoms with Crippen molar-refractivity contribution in [3.63, 3.8) is 0 Å². The maximum Gasteiger partial charge on any atom is 0.240 e. The van der Waals surface area contributed by atoms with E-state index in [1.54, 1.807) is 30.5 Å². The zero-order valence-corrected chi connectivity index (χ0v) is 14.1. The highest BCUT2D eigenvalue weighted by atomic mass is 32.2. The van der Waals surface area contributed by atoms with Gasteiger partial charge in [0.1, 0.15) is 6.61 Å². The number of aromatic nitrogens is 3. The van der Waals surface area contributed by atoms with Crippen molar-refractivity contribution in [3.8, 4) is 5.75 Å². The highest BCUT2D eigenvalue weighted by Crippen LogP contribution is 2.24. The molecule has 0 saturated heterocycles. The van der Waals surface area contributed by atoms with Gasteiger partial charge in [-0.05, 0) is 18.2 Å². The van der Waals surface area contributed by atoms with Crippen molar-refractivity contribution in [3.05, 3.63) is 48.2 Å². The van der Waals surface area contributed by atoms with Crippen molar-refractivity contribution in [2.75, 3.05) is 23.3 Å². The topological polar surface area (TPSA) is 103 Å². The molecule has 0 aliphatic carbocycles. The summed E-state index contributed by atoms with van der Waals surface area (Å²) in [5.74, 6) is 0.668. The second-order valence-electron chi connectivity index (χ2n) is 5.26. The lowest BCUT2D eigenvalue weighted by molar-refractivity contribution is 0.308. The number of anilines is 2. The Bertz CT molecular complexity index is 984. The summed E-state index contributed by atoms with van der Waals surface area (Å²) >= 11 is 0. The lowest BCUT2D eigenvalue weighted by Gasteiger charge is -2.20. The van der Waals surface area contributed by atoms with Gasteiger partial charge in [0.2, 0.25) is 16.0 Å². The number of benzene rings is 1. The van der Waals surface area contributed by atoms with Crippen LogP contribution in [-0.2, 0) is 16.6 Å². The Morgan fingerprint density at radius 2 is 2.00 bits per heavy atom. The van der Waals surface area contributed by atoms with Crippen molar-refractivity contribution in [2.24, 2.45) is 0 Å². The monoisotopic (exact) mass is 347 g/mol. The first-order valence-corrected chi connectivity index (χ1v) is 8.96. The van der Waals surface area contributed by atoms with Gasteiger partial charge in [-0.3, -0.25) is 4.31 Å². The number of fused-ring (bicyclic) bond motifs is 1. The third-order valence-electron chi connectivity index (χ3n) is 3.55. The van der Waals surface area contributed by atoms with Crippen LogP contribution >= 0.6 is 0 Å².